The minimum Gasteiger partial charge on any atom is -0.492 e. The molecule has 0 aliphatic carbocycles. The van der Waals surface area contributed by atoms with E-state index in [1.54, 1.807) is 12.1 Å². The number of nitrogens with one attached hydrogen (secondary N) is 1. The molecule has 0 bridgehead atoms. The summed E-state index contributed by atoms with van der Waals surface area (Å²) in [6.45, 7) is 7.32. The number of rotatable bonds is 10. The van der Waals surface area contributed by atoms with Crippen molar-refractivity contribution in [3.63, 3.8) is 0 Å². The van der Waals surface area contributed by atoms with E-state index in [4.69, 9.17) is 15.5 Å². The highest BCUT2D eigenvalue weighted by Gasteiger charge is 2.18. The Morgan fingerprint density at radius 3 is 2.66 bits per heavy atom. The fraction of sp³-hybridized carbons (Fsp3) is 0.407. The molecule has 0 saturated carbocycles. The average Bonchev–Trinajstić information content (AvgIpc) is 3.30. The first-order chi connectivity index (χ1) is 16.9. The number of carbonyl (C=O) groups excluding carboxylic acids is 1. The molecule has 0 radical (unpaired) electrons. The molecule has 1 amide bonds. The number of halogens is 1. The van der Waals surface area contributed by atoms with Gasteiger partial charge in [-0.1, -0.05) is 19.9 Å². The quantitative estimate of drug-likeness (QED) is 0.378. The number of piperidine rings is 1. The van der Waals surface area contributed by atoms with Crippen LogP contribution in [0.2, 0.25) is 0 Å². The predicted octanol–water partition coefficient (Wildman–Crippen LogP) is 5.66. The zero-order valence-corrected chi connectivity index (χ0v) is 21.1. The number of aromatic nitrogens is 1. The van der Waals surface area contributed by atoms with Gasteiger partial charge in [-0.25, -0.2) is 9.37 Å². The van der Waals surface area contributed by atoms with Crippen LogP contribution in [0.5, 0.6) is 5.75 Å². The molecule has 3 aromatic rings. The van der Waals surface area contributed by atoms with Crippen molar-refractivity contribution < 1.29 is 13.9 Å². The Kier molecular flexibility index (Phi) is 8.36. The minimum atomic E-state index is -0.650. The molecule has 0 unspecified atom stereocenters. The van der Waals surface area contributed by atoms with E-state index in [0.717, 1.165) is 59.4 Å². The number of hydrogen-bond donors (Lipinski definition) is 2. The zero-order valence-electron chi connectivity index (χ0n) is 20.3. The Balaban J connectivity index is 1.37. The standard InChI is InChI=1S/C27H33FN4O2S/c1-18(2)15-20-3-4-21(26(29)33)16-24(20)30-27-31-25(17-35-27)19-5-7-23(8-6-19)34-14-13-32-11-9-22(28)10-12-32/h3-8,16-18,22H,9-15H2,1-2H3,(H2,29,33)(H,30,31). The lowest BCUT2D eigenvalue weighted by Gasteiger charge is -2.28. The highest BCUT2D eigenvalue weighted by Crippen LogP contribution is 2.30. The molecular weight excluding hydrogens is 463 g/mol. The Hall–Kier alpha value is -2.97. The van der Waals surface area contributed by atoms with Crippen molar-refractivity contribution in [3.05, 3.63) is 59.0 Å². The molecule has 1 saturated heterocycles. The van der Waals surface area contributed by atoms with E-state index in [1.165, 1.54) is 11.3 Å². The number of nitrogens with two attached hydrogens (primary N) is 1. The first-order valence-corrected chi connectivity index (χ1v) is 13.0. The second kappa shape index (κ2) is 11.6. The third kappa shape index (κ3) is 7.02. The van der Waals surface area contributed by atoms with Crippen LogP contribution in [-0.2, 0) is 6.42 Å². The first kappa shape index (κ1) is 25.1. The summed E-state index contributed by atoms with van der Waals surface area (Å²) in [7, 11) is 0. The van der Waals surface area contributed by atoms with Crippen LogP contribution in [0.25, 0.3) is 11.3 Å². The molecule has 1 fully saturated rings. The molecule has 6 nitrogen and oxygen atoms in total. The molecule has 3 N–H and O–H groups in total. The minimum absolute atomic E-state index is 0.449. The van der Waals surface area contributed by atoms with E-state index < -0.39 is 12.1 Å². The second-order valence-electron chi connectivity index (χ2n) is 9.39. The number of likely N-dealkylation sites (tertiary alicyclic amines) is 1. The molecule has 2 heterocycles. The smallest absolute Gasteiger partial charge is 0.248 e. The topological polar surface area (TPSA) is 80.5 Å². The van der Waals surface area contributed by atoms with Crippen molar-refractivity contribution in [2.75, 3.05) is 31.6 Å². The highest BCUT2D eigenvalue weighted by molar-refractivity contribution is 7.14. The molecule has 4 rings (SSSR count). The average molecular weight is 497 g/mol. The fourth-order valence-corrected chi connectivity index (χ4v) is 4.91. The summed E-state index contributed by atoms with van der Waals surface area (Å²) >= 11 is 1.51. The van der Waals surface area contributed by atoms with Gasteiger partial charge < -0.3 is 15.8 Å². The van der Waals surface area contributed by atoms with Gasteiger partial charge in [-0.2, -0.15) is 0 Å². The monoisotopic (exact) mass is 496 g/mol. The molecule has 0 atom stereocenters. The molecule has 1 aromatic heterocycles. The lowest BCUT2D eigenvalue weighted by Crippen LogP contribution is -2.37. The van der Waals surface area contributed by atoms with Crippen LogP contribution >= 0.6 is 11.3 Å². The summed E-state index contributed by atoms with van der Waals surface area (Å²) < 4.78 is 19.1. The maximum Gasteiger partial charge on any atom is 0.248 e. The summed E-state index contributed by atoms with van der Waals surface area (Å²) in [5.41, 5.74) is 9.81. The Bertz CT molecular complexity index is 1120. The van der Waals surface area contributed by atoms with Crippen molar-refractivity contribution in [1.82, 2.24) is 9.88 Å². The van der Waals surface area contributed by atoms with Crippen LogP contribution in [-0.4, -0.2) is 48.2 Å². The zero-order chi connectivity index (χ0) is 24.8. The molecule has 0 spiro atoms. The van der Waals surface area contributed by atoms with Gasteiger partial charge in [0.15, 0.2) is 5.13 Å². The van der Waals surface area contributed by atoms with Gasteiger partial charge in [0, 0.05) is 41.8 Å². The summed E-state index contributed by atoms with van der Waals surface area (Å²) in [5.74, 6) is 0.838. The number of alkyl halides is 1. The predicted molar refractivity (Wildman–Crippen MR) is 140 cm³/mol. The molecular formula is C27H33FN4O2S. The van der Waals surface area contributed by atoms with Gasteiger partial charge in [0.2, 0.25) is 5.91 Å². The summed E-state index contributed by atoms with van der Waals surface area (Å²) in [6.07, 6.45) is 1.47. The summed E-state index contributed by atoms with van der Waals surface area (Å²) in [4.78, 5) is 18.7. The number of benzene rings is 2. The first-order valence-electron chi connectivity index (χ1n) is 12.1. The van der Waals surface area contributed by atoms with Crippen molar-refractivity contribution in [3.8, 4) is 17.0 Å². The third-order valence-electron chi connectivity index (χ3n) is 6.11. The molecule has 186 valence electrons. The van der Waals surface area contributed by atoms with E-state index in [9.17, 15) is 9.18 Å². The van der Waals surface area contributed by atoms with E-state index in [2.05, 4.69) is 24.1 Å². The van der Waals surface area contributed by atoms with Crippen molar-refractivity contribution in [2.24, 2.45) is 11.7 Å². The molecule has 8 heteroatoms. The number of anilines is 2. The van der Waals surface area contributed by atoms with Gasteiger partial charge in [0.05, 0.1) is 5.69 Å². The van der Waals surface area contributed by atoms with Crippen molar-refractivity contribution >= 4 is 28.1 Å². The number of nitrogens with zero attached hydrogens (tertiary/aromatic N) is 2. The molecule has 2 aromatic carbocycles. The molecule has 1 aliphatic heterocycles. The van der Waals surface area contributed by atoms with Crippen LogP contribution in [0.4, 0.5) is 15.2 Å². The van der Waals surface area contributed by atoms with Gasteiger partial charge in [-0.3, -0.25) is 9.69 Å². The Morgan fingerprint density at radius 1 is 1.23 bits per heavy atom. The van der Waals surface area contributed by atoms with Crippen LogP contribution in [0.3, 0.4) is 0 Å². The van der Waals surface area contributed by atoms with E-state index >= 15 is 0 Å². The largest absolute Gasteiger partial charge is 0.492 e. The maximum atomic E-state index is 13.3. The number of primary amides is 1. The van der Waals surface area contributed by atoms with Crippen molar-refractivity contribution in [1.29, 1.82) is 0 Å². The fourth-order valence-electron chi connectivity index (χ4n) is 4.18. The van der Waals surface area contributed by atoms with Gasteiger partial charge in [-0.05, 0) is 67.1 Å². The van der Waals surface area contributed by atoms with E-state index in [0.29, 0.717) is 30.9 Å². The number of thiazole rings is 1. The summed E-state index contributed by atoms with van der Waals surface area (Å²) in [6, 6.07) is 13.4. The second-order valence-corrected chi connectivity index (χ2v) is 10.2. The lowest BCUT2D eigenvalue weighted by molar-refractivity contribution is 0.100. The normalized spacial score (nSPS) is 14.9. The van der Waals surface area contributed by atoms with E-state index in [1.807, 2.05) is 35.7 Å². The summed E-state index contributed by atoms with van der Waals surface area (Å²) in [5, 5.41) is 6.14. The molecule has 1 aliphatic rings. The maximum absolute atomic E-state index is 13.3. The van der Waals surface area contributed by atoms with Crippen LogP contribution in [0, 0.1) is 5.92 Å². The number of amides is 1. The Morgan fingerprint density at radius 2 is 1.97 bits per heavy atom. The van der Waals surface area contributed by atoms with Crippen LogP contribution in [0.15, 0.2) is 47.8 Å². The van der Waals surface area contributed by atoms with Crippen LogP contribution in [0.1, 0.15) is 42.6 Å². The van der Waals surface area contributed by atoms with Crippen molar-refractivity contribution in [2.45, 2.75) is 39.3 Å². The van der Waals surface area contributed by atoms with Crippen LogP contribution < -0.4 is 15.8 Å². The van der Waals surface area contributed by atoms with Gasteiger partial charge in [0.1, 0.15) is 18.5 Å². The number of hydrogen-bond acceptors (Lipinski definition) is 6. The van der Waals surface area contributed by atoms with E-state index in [-0.39, 0.29) is 0 Å². The van der Waals surface area contributed by atoms with Gasteiger partial charge in [-0.15, -0.1) is 11.3 Å². The van der Waals surface area contributed by atoms with Gasteiger partial charge >= 0.3 is 0 Å². The third-order valence-corrected chi connectivity index (χ3v) is 6.87. The highest BCUT2D eigenvalue weighted by atomic mass is 32.1. The Labute approximate surface area is 210 Å². The number of ether oxygens (including phenoxy) is 1. The number of carbonyl (C=O) groups is 1. The molecule has 35 heavy (non-hydrogen) atoms. The SMILES string of the molecule is CC(C)Cc1ccc(C(N)=O)cc1Nc1nc(-c2ccc(OCCN3CCC(F)CC3)cc2)cs1. The van der Waals surface area contributed by atoms with Gasteiger partial charge in [0.25, 0.3) is 0 Å². The lowest BCUT2D eigenvalue weighted by atomic mass is 9.99.